The fraction of sp³-hybridized carbons (Fsp3) is 0.143. The van der Waals surface area contributed by atoms with Crippen molar-refractivity contribution in [3.63, 3.8) is 0 Å². The van der Waals surface area contributed by atoms with E-state index in [-0.39, 0.29) is 31.5 Å². The van der Waals surface area contributed by atoms with E-state index < -0.39 is 0 Å². The molecule has 0 fully saturated rings. The molecular weight excluding hydrogens is 460 g/mol. The van der Waals surface area contributed by atoms with Crippen LogP contribution in [0.1, 0.15) is 0 Å². The molecule has 0 spiro atoms. The van der Waals surface area contributed by atoms with Crippen molar-refractivity contribution in [1.29, 1.82) is 0 Å². The van der Waals surface area contributed by atoms with Crippen molar-refractivity contribution in [3.05, 3.63) is 70.5 Å². The summed E-state index contributed by atoms with van der Waals surface area (Å²) in [5, 5.41) is 15.9. The maximum Gasteiger partial charge on any atom is 0.258 e. The third kappa shape index (κ3) is 5.24. The molecule has 1 N–H and O–H groups in total. The lowest BCUT2D eigenvalue weighted by Gasteiger charge is -2.10. The minimum atomic E-state index is -0.385. The molecule has 0 radical (unpaired) electrons. The van der Waals surface area contributed by atoms with Crippen LogP contribution in [0.25, 0.3) is 17.0 Å². The maximum absolute atomic E-state index is 13.5. The summed E-state index contributed by atoms with van der Waals surface area (Å²) in [4.78, 5) is 12.0. The highest BCUT2D eigenvalue weighted by Crippen LogP contribution is 2.27. The third-order valence-corrected chi connectivity index (χ3v) is 4.79. The van der Waals surface area contributed by atoms with Gasteiger partial charge in [-0.2, -0.15) is 4.52 Å². The molecule has 0 aliphatic carbocycles. The molecular formula is C21H16Cl2FN5O3. The molecule has 0 unspecified atom stereocenters. The Morgan fingerprint density at radius 2 is 1.94 bits per heavy atom. The molecule has 0 atom stereocenters. The maximum atomic E-state index is 13.5. The van der Waals surface area contributed by atoms with Gasteiger partial charge in [-0.15, -0.1) is 15.3 Å². The van der Waals surface area contributed by atoms with Gasteiger partial charge in [0.05, 0.1) is 11.6 Å². The Morgan fingerprint density at radius 3 is 2.78 bits per heavy atom. The monoisotopic (exact) mass is 475 g/mol. The molecule has 2 heterocycles. The quantitative estimate of drug-likeness (QED) is 0.389. The van der Waals surface area contributed by atoms with E-state index in [2.05, 4.69) is 20.6 Å². The first-order valence-electron chi connectivity index (χ1n) is 9.45. The molecule has 1 amide bonds. The van der Waals surface area contributed by atoms with E-state index in [9.17, 15) is 9.18 Å². The number of ether oxygens (including phenoxy) is 2. The van der Waals surface area contributed by atoms with Crippen molar-refractivity contribution in [3.8, 4) is 23.0 Å². The SMILES string of the molecule is O=C(COc1cc(Cl)ccc1Cl)NCCOc1ccc2nnc(-c3cccc(F)c3)n2n1. The average molecular weight is 476 g/mol. The van der Waals surface area contributed by atoms with Crippen molar-refractivity contribution >= 4 is 34.8 Å². The third-order valence-electron chi connectivity index (χ3n) is 4.25. The van der Waals surface area contributed by atoms with E-state index in [1.54, 1.807) is 36.4 Å². The number of carbonyl (C=O) groups is 1. The Kier molecular flexibility index (Phi) is 6.67. The Labute approximate surface area is 191 Å². The molecule has 0 aliphatic heterocycles. The lowest BCUT2D eigenvalue weighted by molar-refractivity contribution is -0.123. The molecule has 11 heteroatoms. The molecule has 164 valence electrons. The van der Waals surface area contributed by atoms with Gasteiger partial charge in [-0.3, -0.25) is 4.79 Å². The number of aromatic nitrogens is 4. The summed E-state index contributed by atoms with van der Waals surface area (Å²) in [5.74, 6) is 0.275. The van der Waals surface area contributed by atoms with Gasteiger partial charge in [0.25, 0.3) is 5.91 Å². The predicted molar refractivity (Wildman–Crippen MR) is 117 cm³/mol. The number of halogens is 3. The van der Waals surface area contributed by atoms with Crippen LogP contribution in [0.4, 0.5) is 4.39 Å². The zero-order chi connectivity index (χ0) is 22.5. The summed E-state index contributed by atoms with van der Waals surface area (Å²) in [6.07, 6.45) is 0. The first-order valence-corrected chi connectivity index (χ1v) is 10.2. The Morgan fingerprint density at radius 1 is 1.06 bits per heavy atom. The molecule has 0 aliphatic rings. The van der Waals surface area contributed by atoms with E-state index in [1.807, 2.05) is 0 Å². The minimum absolute atomic E-state index is 0.166. The van der Waals surface area contributed by atoms with Crippen LogP contribution in [-0.4, -0.2) is 45.5 Å². The van der Waals surface area contributed by atoms with E-state index in [0.29, 0.717) is 38.7 Å². The number of amides is 1. The lowest BCUT2D eigenvalue weighted by atomic mass is 10.2. The number of nitrogens with one attached hydrogen (secondary N) is 1. The van der Waals surface area contributed by atoms with Gasteiger partial charge in [-0.05, 0) is 30.3 Å². The smallest absolute Gasteiger partial charge is 0.258 e. The zero-order valence-corrected chi connectivity index (χ0v) is 18.0. The molecule has 4 rings (SSSR count). The van der Waals surface area contributed by atoms with Crippen molar-refractivity contribution in [2.45, 2.75) is 0 Å². The van der Waals surface area contributed by atoms with Crippen LogP contribution in [-0.2, 0) is 4.79 Å². The largest absolute Gasteiger partial charge is 0.482 e. The van der Waals surface area contributed by atoms with Crippen LogP contribution in [0.3, 0.4) is 0 Å². The van der Waals surface area contributed by atoms with Crippen molar-refractivity contribution < 1.29 is 18.7 Å². The van der Waals surface area contributed by atoms with Crippen molar-refractivity contribution in [2.75, 3.05) is 19.8 Å². The van der Waals surface area contributed by atoms with Crippen LogP contribution in [0.2, 0.25) is 10.0 Å². The normalized spacial score (nSPS) is 10.8. The second-order valence-corrected chi connectivity index (χ2v) is 7.38. The number of benzene rings is 2. The van der Waals surface area contributed by atoms with E-state index in [4.69, 9.17) is 32.7 Å². The topological polar surface area (TPSA) is 90.6 Å². The number of hydrogen-bond donors (Lipinski definition) is 1. The molecule has 2 aromatic heterocycles. The average Bonchev–Trinajstić information content (AvgIpc) is 3.20. The Bertz CT molecular complexity index is 1270. The van der Waals surface area contributed by atoms with Gasteiger partial charge >= 0.3 is 0 Å². The number of nitrogens with zero attached hydrogens (tertiary/aromatic N) is 4. The first-order chi connectivity index (χ1) is 15.5. The number of fused-ring (bicyclic) bond motifs is 1. The first kappa shape index (κ1) is 21.8. The molecule has 0 saturated carbocycles. The highest BCUT2D eigenvalue weighted by molar-refractivity contribution is 6.34. The molecule has 4 aromatic rings. The fourth-order valence-corrected chi connectivity index (χ4v) is 3.12. The van der Waals surface area contributed by atoms with E-state index in [0.717, 1.165) is 0 Å². The standard InChI is InChI=1S/C21H16Cl2FN5O3/c22-14-4-5-16(23)17(11-14)32-12-19(30)25-8-9-31-20-7-6-18-26-27-21(29(18)28-20)13-2-1-3-15(24)10-13/h1-7,10-11H,8-9,12H2,(H,25,30). The summed E-state index contributed by atoms with van der Waals surface area (Å²) in [7, 11) is 0. The molecule has 8 nitrogen and oxygen atoms in total. The van der Waals surface area contributed by atoms with Gasteiger partial charge in [-0.25, -0.2) is 4.39 Å². The summed E-state index contributed by atoms with van der Waals surface area (Å²) in [5.41, 5.74) is 1.02. The van der Waals surface area contributed by atoms with Gasteiger partial charge in [0, 0.05) is 22.7 Å². The second kappa shape index (κ2) is 9.80. The molecule has 0 saturated heterocycles. The molecule has 2 aromatic carbocycles. The van der Waals surface area contributed by atoms with Gasteiger partial charge in [-0.1, -0.05) is 35.3 Å². The van der Waals surface area contributed by atoms with Gasteiger partial charge < -0.3 is 14.8 Å². The zero-order valence-electron chi connectivity index (χ0n) is 16.5. The van der Waals surface area contributed by atoms with Gasteiger partial charge in [0.15, 0.2) is 18.1 Å². The minimum Gasteiger partial charge on any atom is -0.482 e. The summed E-state index contributed by atoms with van der Waals surface area (Å²) in [6, 6.07) is 14.0. The summed E-state index contributed by atoms with van der Waals surface area (Å²) >= 11 is 11.9. The van der Waals surface area contributed by atoms with Crippen molar-refractivity contribution in [2.24, 2.45) is 0 Å². The lowest BCUT2D eigenvalue weighted by Crippen LogP contribution is -2.32. The highest BCUT2D eigenvalue weighted by atomic mass is 35.5. The Hall–Kier alpha value is -3.43. The van der Waals surface area contributed by atoms with Crippen LogP contribution in [0.15, 0.2) is 54.6 Å². The van der Waals surface area contributed by atoms with Crippen LogP contribution in [0.5, 0.6) is 11.6 Å². The van der Waals surface area contributed by atoms with Gasteiger partial charge in [0.1, 0.15) is 18.2 Å². The summed E-state index contributed by atoms with van der Waals surface area (Å²) < 4.78 is 26.0. The molecule has 0 bridgehead atoms. The highest BCUT2D eigenvalue weighted by Gasteiger charge is 2.11. The van der Waals surface area contributed by atoms with Crippen LogP contribution in [0, 0.1) is 5.82 Å². The number of rotatable bonds is 8. The van der Waals surface area contributed by atoms with Gasteiger partial charge in [0.2, 0.25) is 5.88 Å². The van der Waals surface area contributed by atoms with E-state index >= 15 is 0 Å². The number of carbonyl (C=O) groups excluding carboxylic acids is 1. The summed E-state index contributed by atoms with van der Waals surface area (Å²) in [6.45, 7) is 0.172. The second-order valence-electron chi connectivity index (χ2n) is 6.54. The van der Waals surface area contributed by atoms with Crippen molar-refractivity contribution in [1.82, 2.24) is 25.1 Å². The molecule has 32 heavy (non-hydrogen) atoms. The van der Waals surface area contributed by atoms with Crippen LogP contribution < -0.4 is 14.8 Å². The number of hydrogen-bond acceptors (Lipinski definition) is 6. The van der Waals surface area contributed by atoms with E-state index in [1.165, 1.54) is 22.7 Å². The fourth-order valence-electron chi connectivity index (χ4n) is 2.78. The van der Waals surface area contributed by atoms with Crippen LogP contribution >= 0.6 is 23.2 Å². The predicted octanol–water partition coefficient (Wildman–Crippen LogP) is 3.81. The Balaban J connectivity index is 1.30.